The minimum atomic E-state index is -0.483. The molecule has 0 saturated carbocycles. The standard InChI is InChI=1S/C32H38O6S2/c33-31(25-9-13-27(14-10-25)35-21-5-1-3-7-23-39)37-29-17-19-30(20-18-29)38-32(34)26-11-15-28(16-12-26)36-22-6-2-4-8-24-40/h9-20,39-40H,1-8,21-24H2. The molecule has 0 N–H and O–H groups in total. The van der Waals surface area contributed by atoms with E-state index in [4.69, 9.17) is 18.9 Å². The Morgan fingerprint density at radius 1 is 0.450 bits per heavy atom. The number of benzene rings is 3. The molecule has 40 heavy (non-hydrogen) atoms. The molecule has 0 bridgehead atoms. The second-order valence-electron chi connectivity index (χ2n) is 9.27. The van der Waals surface area contributed by atoms with Gasteiger partial charge in [-0.05, 0) is 110 Å². The van der Waals surface area contributed by atoms with Gasteiger partial charge in [-0.25, -0.2) is 9.59 Å². The Morgan fingerprint density at radius 3 is 1.12 bits per heavy atom. The zero-order chi connectivity index (χ0) is 28.4. The summed E-state index contributed by atoms with van der Waals surface area (Å²) in [6.45, 7) is 1.29. The van der Waals surface area contributed by atoms with E-state index in [2.05, 4.69) is 25.3 Å². The van der Waals surface area contributed by atoms with Crippen LogP contribution in [0.25, 0.3) is 0 Å². The normalized spacial score (nSPS) is 10.7. The molecule has 0 unspecified atom stereocenters. The van der Waals surface area contributed by atoms with E-state index < -0.39 is 11.9 Å². The van der Waals surface area contributed by atoms with Crippen LogP contribution in [0.2, 0.25) is 0 Å². The summed E-state index contributed by atoms with van der Waals surface area (Å²) in [5.74, 6) is 2.99. The van der Waals surface area contributed by atoms with Crippen molar-refractivity contribution < 1.29 is 28.5 Å². The van der Waals surface area contributed by atoms with Crippen molar-refractivity contribution in [3.05, 3.63) is 83.9 Å². The third-order valence-electron chi connectivity index (χ3n) is 6.07. The molecule has 0 fully saturated rings. The van der Waals surface area contributed by atoms with Gasteiger partial charge in [0.05, 0.1) is 24.3 Å². The molecule has 8 heteroatoms. The van der Waals surface area contributed by atoms with Crippen molar-refractivity contribution in [3.8, 4) is 23.0 Å². The zero-order valence-corrected chi connectivity index (χ0v) is 24.5. The molecule has 214 valence electrons. The fourth-order valence-electron chi connectivity index (χ4n) is 3.80. The average Bonchev–Trinajstić information content (AvgIpc) is 2.98. The van der Waals surface area contributed by atoms with Crippen LogP contribution in [0.1, 0.15) is 72.1 Å². The van der Waals surface area contributed by atoms with Gasteiger partial charge in [0.15, 0.2) is 0 Å². The van der Waals surface area contributed by atoms with Crippen LogP contribution < -0.4 is 18.9 Å². The summed E-state index contributed by atoms with van der Waals surface area (Å²) in [5.41, 5.74) is 0.829. The summed E-state index contributed by atoms with van der Waals surface area (Å²) in [7, 11) is 0. The van der Waals surface area contributed by atoms with Gasteiger partial charge in [-0.1, -0.05) is 25.7 Å². The van der Waals surface area contributed by atoms with E-state index in [-0.39, 0.29) is 0 Å². The van der Waals surface area contributed by atoms with Gasteiger partial charge >= 0.3 is 11.9 Å². The molecule has 0 aliphatic carbocycles. The van der Waals surface area contributed by atoms with E-state index in [0.29, 0.717) is 35.8 Å². The van der Waals surface area contributed by atoms with Gasteiger partial charge in [-0.3, -0.25) is 0 Å². The third-order valence-corrected chi connectivity index (χ3v) is 6.70. The first-order chi connectivity index (χ1) is 19.6. The average molecular weight is 583 g/mol. The minimum Gasteiger partial charge on any atom is -0.494 e. The van der Waals surface area contributed by atoms with E-state index >= 15 is 0 Å². The first kappa shape index (κ1) is 31.4. The quantitative estimate of drug-likeness (QED) is 0.0689. The number of hydrogen-bond donors (Lipinski definition) is 2. The Labute approximate surface area is 248 Å². The van der Waals surface area contributed by atoms with Crippen molar-refractivity contribution in [1.29, 1.82) is 0 Å². The van der Waals surface area contributed by atoms with Crippen molar-refractivity contribution in [2.45, 2.75) is 51.4 Å². The molecule has 0 aromatic heterocycles. The summed E-state index contributed by atoms with van der Waals surface area (Å²) in [5, 5.41) is 0. The van der Waals surface area contributed by atoms with Gasteiger partial charge in [-0.2, -0.15) is 25.3 Å². The van der Waals surface area contributed by atoms with Crippen molar-refractivity contribution in [1.82, 2.24) is 0 Å². The highest BCUT2D eigenvalue weighted by molar-refractivity contribution is 7.80. The summed E-state index contributed by atoms with van der Waals surface area (Å²) < 4.78 is 22.4. The highest BCUT2D eigenvalue weighted by atomic mass is 32.1. The van der Waals surface area contributed by atoms with E-state index in [0.717, 1.165) is 74.4 Å². The maximum Gasteiger partial charge on any atom is 0.343 e. The highest BCUT2D eigenvalue weighted by Crippen LogP contribution is 2.21. The van der Waals surface area contributed by atoms with Crippen molar-refractivity contribution in [2.75, 3.05) is 24.7 Å². The molecule has 0 saturated heterocycles. The van der Waals surface area contributed by atoms with Gasteiger partial charge in [-0.15, -0.1) is 0 Å². The van der Waals surface area contributed by atoms with E-state index in [1.54, 1.807) is 72.8 Å². The number of carbonyl (C=O) groups is 2. The van der Waals surface area contributed by atoms with Crippen LogP contribution >= 0.6 is 25.3 Å². The van der Waals surface area contributed by atoms with Crippen LogP contribution in [0.5, 0.6) is 23.0 Å². The Kier molecular flexibility index (Phi) is 14.4. The van der Waals surface area contributed by atoms with E-state index in [9.17, 15) is 9.59 Å². The Hall–Kier alpha value is -3.10. The summed E-state index contributed by atoms with van der Waals surface area (Å²) in [6, 6.07) is 20.1. The van der Waals surface area contributed by atoms with Crippen molar-refractivity contribution in [2.24, 2.45) is 0 Å². The molecule has 3 aromatic rings. The molecule has 0 atom stereocenters. The lowest BCUT2D eigenvalue weighted by Gasteiger charge is -2.09. The van der Waals surface area contributed by atoms with Crippen molar-refractivity contribution in [3.63, 3.8) is 0 Å². The first-order valence-electron chi connectivity index (χ1n) is 13.8. The Bertz CT molecular complexity index is 1060. The molecule has 0 aliphatic heterocycles. The minimum absolute atomic E-state index is 0.346. The molecule has 0 spiro atoms. The maximum atomic E-state index is 12.5. The molecule has 0 aliphatic rings. The van der Waals surface area contributed by atoms with Crippen molar-refractivity contribution >= 4 is 37.2 Å². The first-order valence-corrected chi connectivity index (χ1v) is 15.1. The van der Waals surface area contributed by atoms with E-state index in [1.165, 1.54) is 0 Å². The fourth-order valence-corrected chi connectivity index (χ4v) is 4.24. The van der Waals surface area contributed by atoms with Crippen LogP contribution in [-0.4, -0.2) is 36.7 Å². The third kappa shape index (κ3) is 11.6. The number of hydrogen-bond acceptors (Lipinski definition) is 8. The van der Waals surface area contributed by atoms with E-state index in [1.807, 2.05) is 0 Å². The number of carbonyl (C=O) groups excluding carboxylic acids is 2. The van der Waals surface area contributed by atoms with Gasteiger partial charge < -0.3 is 18.9 Å². The second-order valence-corrected chi connectivity index (χ2v) is 10.2. The van der Waals surface area contributed by atoms with Crippen LogP contribution in [-0.2, 0) is 0 Å². The maximum absolute atomic E-state index is 12.5. The summed E-state index contributed by atoms with van der Waals surface area (Å²) >= 11 is 8.43. The molecule has 3 rings (SSSR count). The van der Waals surface area contributed by atoms with Gasteiger partial charge in [0.1, 0.15) is 23.0 Å². The Balaban J connectivity index is 1.40. The summed E-state index contributed by atoms with van der Waals surface area (Å²) in [6.07, 6.45) is 8.76. The molecule has 6 nitrogen and oxygen atoms in total. The molecular weight excluding hydrogens is 544 g/mol. The molecule has 0 amide bonds. The number of thiol groups is 2. The smallest absolute Gasteiger partial charge is 0.343 e. The molecule has 3 aromatic carbocycles. The lowest BCUT2D eigenvalue weighted by atomic mass is 10.2. The predicted octanol–water partition coefficient (Wildman–Crippen LogP) is 7.86. The predicted molar refractivity (Wildman–Crippen MR) is 165 cm³/mol. The van der Waals surface area contributed by atoms with Crippen LogP contribution in [0.4, 0.5) is 0 Å². The number of esters is 2. The van der Waals surface area contributed by atoms with Gasteiger partial charge in [0.2, 0.25) is 0 Å². The second kappa shape index (κ2) is 18.3. The van der Waals surface area contributed by atoms with Crippen LogP contribution in [0.15, 0.2) is 72.8 Å². The lowest BCUT2D eigenvalue weighted by molar-refractivity contribution is 0.0719. The summed E-state index contributed by atoms with van der Waals surface area (Å²) in [4.78, 5) is 25.0. The van der Waals surface area contributed by atoms with Gasteiger partial charge in [0, 0.05) is 0 Å². The molecular formula is C32H38O6S2. The number of unbranched alkanes of at least 4 members (excludes halogenated alkanes) is 6. The fraction of sp³-hybridized carbons (Fsp3) is 0.375. The van der Waals surface area contributed by atoms with Gasteiger partial charge in [0.25, 0.3) is 0 Å². The molecule has 0 heterocycles. The number of ether oxygens (including phenoxy) is 4. The highest BCUT2D eigenvalue weighted by Gasteiger charge is 2.12. The Morgan fingerprint density at radius 2 is 0.775 bits per heavy atom. The number of rotatable bonds is 18. The molecule has 0 radical (unpaired) electrons. The SMILES string of the molecule is O=C(Oc1ccc(OC(=O)c2ccc(OCCCCCCS)cc2)cc1)c1ccc(OCCCCCCS)cc1. The zero-order valence-electron chi connectivity index (χ0n) is 22.8. The van der Waals surface area contributed by atoms with Crippen LogP contribution in [0, 0.1) is 0 Å². The van der Waals surface area contributed by atoms with Crippen LogP contribution in [0.3, 0.4) is 0 Å². The monoisotopic (exact) mass is 582 g/mol. The topological polar surface area (TPSA) is 71.1 Å². The lowest BCUT2D eigenvalue weighted by Crippen LogP contribution is -2.09. The largest absolute Gasteiger partial charge is 0.494 e.